The molecule has 1 unspecified atom stereocenters. The molecule has 1 saturated heterocycles. The monoisotopic (exact) mass is 194 g/mol. The number of nitrogens with zero attached hydrogens (tertiary/aromatic N) is 1. The van der Waals surface area contributed by atoms with Crippen molar-refractivity contribution in [2.24, 2.45) is 0 Å². The van der Waals surface area contributed by atoms with Gasteiger partial charge in [-0.25, -0.2) is 9.82 Å². The number of benzene rings is 1. The van der Waals surface area contributed by atoms with Crippen LogP contribution in [0.5, 0.6) is 0 Å². The highest BCUT2D eigenvalue weighted by Gasteiger charge is 2.20. The third kappa shape index (κ3) is 1.75. The lowest BCUT2D eigenvalue weighted by Crippen LogP contribution is -2.36. The molecule has 2 rings (SSSR count). The maximum atomic E-state index is 12.6. The van der Waals surface area contributed by atoms with Crippen LogP contribution >= 0.6 is 0 Å². The van der Waals surface area contributed by atoms with Crippen LogP contribution in [-0.4, -0.2) is 18.9 Å². The van der Waals surface area contributed by atoms with Gasteiger partial charge in [0.2, 0.25) is 0 Å². The number of carbonyl (C=O) groups is 1. The number of aldehydes is 1. The van der Waals surface area contributed by atoms with E-state index in [2.05, 4.69) is 5.43 Å². The normalized spacial score (nSPS) is 21.2. The van der Waals surface area contributed by atoms with E-state index in [-0.39, 0.29) is 11.9 Å². The van der Waals surface area contributed by atoms with Crippen LogP contribution in [0, 0.1) is 5.82 Å². The first-order chi connectivity index (χ1) is 6.79. The van der Waals surface area contributed by atoms with Crippen molar-refractivity contribution in [2.75, 3.05) is 11.6 Å². The van der Waals surface area contributed by atoms with Gasteiger partial charge in [0.1, 0.15) is 12.1 Å². The summed E-state index contributed by atoms with van der Waals surface area (Å²) in [4.78, 5) is 10.5. The number of rotatable bonds is 2. The molecule has 1 heterocycles. The fourth-order valence-electron chi connectivity index (χ4n) is 1.52. The van der Waals surface area contributed by atoms with Crippen LogP contribution < -0.4 is 10.4 Å². The molecule has 1 aliphatic heterocycles. The molecular weight excluding hydrogens is 183 g/mol. The minimum Gasteiger partial charge on any atom is -0.308 e. The molecule has 0 aromatic heterocycles. The molecule has 1 atom stereocenters. The van der Waals surface area contributed by atoms with Gasteiger partial charge in [-0.2, -0.15) is 0 Å². The molecule has 1 fully saturated rings. The van der Waals surface area contributed by atoms with E-state index < -0.39 is 0 Å². The Morgan fingerprint density at radius 1 is 1.43 bits per heavy atom. The third-order valence-electron chi connectivity index (χ3n) is 2.29. The van der Waals surface area contributed by atoms with E-state index in [1.807, 2.05) is 5.01 Å². The highest BCUT2D eigenvalue weighted by molar-refractivity contribution is 5.60. The molecule has 0 aliphatic carbocycles. The van der Waals surface area contributed by atoms with Crippen molar-refractivity contribution in [3.8, 4) is 0 Å². The number of anilines is 1. The Bertz CT molecular complexity index is 325. The quantitative estimate of drug-likeness (QED) is 0.716. The van der Waals surface area contributed by atoms with Crippen LogP contribution in [0.4, 0.5) is 10.1 Å². The zero-order valence-electron chi connectivity index (χ0n) is 7.61. The summed E-state index contributed by atoms with van der Waals surface area (Å²) in [7, 11) is 0. The van der Waals surface area contributed by atoms with Gasteiger partial charge in [-0.1, -0.05) is 0 Å². The number of hydrazine groups is 1. The van der Waals surface area contributed by atoms with E-state index in [1.165, 1.54) is 12.1 Å². The maximum Gasteiger partial charge on any atom is 0.138 e. The second-order valence-corrected chi connectivity index (χ2v) is 3.29. The highest BCUT2D eigenvalue weighted by Crippen LogP contribution is 2.17. The summed E-state index contributed by atoms with van der Waals surface area (Å²) >= 11 is 0. The molecule has 14 heavy (non-hydrogen) atoms. The average Bonchev–Trinajstić information content (AvgIpc) is 2.67. The second kappa shape index (κ2) is 3.75. The van der Waals surface area contributed by atoms with Crippen LogP contribution in [0.15, 0.2) is 24.3 Å². The van der Waals surface area contributed by atoms with Crippen molar-refractivity contribution >= 4 is 12.0 Å². The fourth-order valence-corrected chi connectivity index (χ4v) is 1.52. The number of hydrogen-bond acceptors (Lipinski definition) is 3. The van der Waals surface area contributed by atoms with Gasteiger partial charge in [0.05, 0.1) is 11.7 Å². The molecule has 4 heteroatoms. The summed E-state index contributed by atoms with van der Waals surface area (Å²) in [6.45, 7) is 0.773. The first-order valence-electron chi connectivity index (χ1n) is 4.54. The van der Waals surface area contributed by atoms with Gasteiger partial charge in [0.25, 0.3) is 0 Å². The summed E-state index contributed by atoms with van der Waals surface area (Å²) in [6.07, 6.45) is 1.68. The smallest absolute Gasteiger partial charge is 0.138 e. The van der Waals surface area contributed by atoms with Gasteiger partial charge in [-0.3, -0.25) is 0 Å². The molecule has 74 valence electrons. The molecule has 0 saturated carbocycles. The predicted octanol–water partition coefficient (Wildman–Crippen LogP) is 1.11. The van der Waals surface area contributed by atoms with Gasteiger partial charge in [-0.15, -0.1) is 0 Å². The van der Waals surface area contributed by atoms with Crippen molar-refractivity contribution in [1.29, 1.82) is 0 Å². The third-order valence-corrected chi connectivity index (χ3v) is 2.29. The summed E-state index contributed by atoms with van der Waals surface area (Å²) in [5.74, 6) is -0.250. The van der Waals surface area contributed by atoms with Crippen molar-refractivity contribution in [2.45, 2.75) is 12.5 Å². The molecule has 0 spiro atoms. The van der Waals surface area contributed by atoms with Gasteiger partial charge >= 0.3 is 0 Å². The summed E-state index contributed by atoms with van der Waals surface area (Å²) in [5.41, 5.74) is 3.90. The molecule has 0 radical (unpaired) electrons. The zero-order chi connectivity index (χ0) is 9.97. The van der Waals surface area contributed by atoms with Crippen molar-refractivity contribution in [3.63, 3.8) is 0 Å². The van der Waals surface area contributed by atoms with E-state index in [0.717, 1.165) is 24.9 Å². The number of nitrogens with one attached hydrogen (secondary N) is 1. The fraction of sp³-hybridized carbons (Fsp3) is 0.300. The molecule has 1 N–H and O–H groups in total. The lowest BCUT2D eigenvalue weighted by molar-refractivity contribution is -0.109. The highest BCUT2D eigenvalue weighted by atomic mass is 19.1. The van der Waals surface area contributed by atoms with E-state index in [1.54, 1.807) is 12.1 Å². The predicted molar refractivity (Wildman–Crippen MR) is 51.4 cm³/mol. The Morgan fingerprint density at radius 3 is 2.71 bits per heavy atom. The number of halogens is 1. The summed E-state index contributed by atoms with van der Waals surface area (Å²) in [5, 5.41) is 1.86. The maximum absolute atomic E-state index is 12.6. The van der Waals surface area contributed by atoms with Crippen LogP contribution in [-0.2, 0) is 4.79 Å². The Kier molecular flexibility index (Phi) is 2.45. The van der Waals surface area contributed by atoms with E-state index >= 15 is 0 Å². The van der Waals surface area contributed by atoms with E-state index in [9.17, 15) is 9.18 Å². The average molecular weight is 194 g/mol. The Labute approximate surface area is 81.5 Å². The minimum absolute atomic E-state index is 0.111. The second-order valence-electron chi connectivity index (χ2n) is 3.29. The van der Waals surface area contributed by atoms with Crippen LogP contribution in [0.1, 0.15) is 6.42 Å². The molecule has 3 nitrogen and oxygen atoms in total. The number of carbonyl (C=O) groups excluding carboxylic acids is 1. The van der Waals surface area contributed by atoms with Crippen LogP contribution in [0.25, 0.3) is 0 Å². The molecule has 1 aliphatic rings. The minimum atomic E-state index is -0.250. The van der Waals surface area contributed by atoms with E-state index in [4.69, 9.17) is 0 Å². The van der Waals surface area contributed by atoms with Crippen molar-refractivity contribution < 1.29 is 9.18 Å². The molecule has 1 aromatic carbocycles. The lowest BCUT2D eigenvalue weighted by Gasteiger charge is -2.18. The van der Waals surface area contributed by atoms with Crippen LogP contribution in [0.3, 0.4) is 0 Å². The summed E-state index contributed by atoms with van der Waals surface area (Å²) < 4.78 is 12.6. The van der Waals surface area contributed by atoms with Gasteiger partial charge in [0.15, 0.2) is 0 Å². The topological polar surface area (TPSA) is 32.3 Å². The number of hydrogen-bond donors (Lipinski definition) is 1. The Hall–Kier alpha value is -1.42. The van der Waals surface area contributed by atoms with Gasteiger partial charge in [0, 0.05) is 6.54 Å². The standard InChI is InChI=1S/C10H11FN2O/c11-8-1-3-10(4-2-8)13-6-5-9(7-14)12-13/h1-4,7,9,12H,5-6H2. The van der Waals surface area contributed by atoms with Crippen molar-refractivity contribution in [3.05, 3.63) is 30.1 Å². The summed E-state index contributed by atoms with van der Waals surface area (Å²) in [6, 6.07) is 6.08. The first kappa shape index (κ1) is 9.15. The molecular formula is C10H11FN2O. The molecule has 1 aromatic rings. The van der Waals surface area contributed by atoms with Crippen molar-refractivity contribution in [1.82, 2.24) is 5.43 Å². The van der Waals surface area contributed by atoms with Crippen LogP contribution in [0.2, 0.25) is 0 Å². The Morgan fingerprint density at radius 2 is 2.14 bits per heavy atom. The van der Waals surface area contributed by atoms with Gasteiger partial charge < -0.3 is 9.80 Å². The first-order valence-corrected chi connectivity index (χ1v) is 4.54. The Balaban J connectivity index is 2.09. The molecule has 0 amide bonds. The lowest BCUT2D eigenvalue weighted by atomic mass is 10.2. The zero-order valence-corrected chi connectivity index (χ0v) is 7.61. The van der Waals surface area contributed by atoms with Gasteiger partial charge in [-0.05, 0) is 30.7 Å². The SMILES string of the molecule is O=CC1CCN(c2ccc(F)cc2)N1. The van der Waals surface area contributed by atoms with E-state index in [0.29, 0.717) is 0 Å². The molecule has 0 bridgehead atoms. The largest absolute Gasteiger partial charge is 0.308 e.